The van der Waals surface area contributed by atoms with Crippen molar-refractivity contribution in [3.63, 3.8) is 0 Å². The third-order valence-electron chi connectivity index (χ3n) is 2.26. The molecule has 1 rings (SSSR count). The van der Waals surface area contributed by atoms with Gasteiger partial charge < -0.3 is 10.5 Å². The van der Waals surface area contributed by atoms with Crippen molar-refractivity contribution in [3.05, 3.63) is 28.2 Å². The van der Waals surface area contributed by atoms with E-state index in [1.807, 2.05) is 18.2 Å². The fraction of sp³-hybridized carbons (Fsp3) is 0.364. The summed E-state index contributed by atoms with van der Waals surface area (Å²) in [6, 6.07) is 5.13. The van der Waals surface area contributed by atoms with Crippen LogP contribution in [0.5, 0.6) is 5.75 Å². The summed E-state index contributed by atoms with van der Waals surface area (Å²) < 4.78 is 6.12. The van der Waals surface area contributed by atoms with Crippen molar-refractivity contribution in [2.24, 2.45) is 5.73 Å². The van der Waals surface area contributed by atoms with Crippen molar-refractivity contribution in [2.45, 2.75) is 12.5 Å². The zero-order valence-electron chi connectivity index (χ0n) is 9.79. The van der Waals surface area contributed by atoms with Gasteiger partial charge in [0.1, 0.15) is 5.75 Å². The normalized spacial score (nSPS) is 12.0. The molecule has 0 heterocycles. The topological polar surface area (TPSA) is 76.4 Å². The number of nitrogens with two attached hydrogens (primary N) is 1. The molecule has 0 radical (unpaired) electrons. The van der Waals surface area contributed by atoms with E-state index in [-0.39, 0.29) is 12.3 Å². The third-order valence-corrected chi connectivity index (χ3v) is 2.75. The molecule has 1 aromatic carbocycles. The zero-order valence-corrected chi connectivity index (χ0v) is 11.4. The number of ether oxygens (including phenoxy) is 1. The van der Waals surface area contributed by atoms with E-state index in [1.165, 1.54) is 0 Å². The first kappa shape index (κ1) is 14.0. The molecule has 0 aliphatic carbocycles. The average Bonchev–Trinajstić information content (AvgIpc) is 2.29. The lowest BCUT2D eigenvalue weighted by atomic mass is 10.0. The molecule has 0 fully saturated rings. The molecule has 17 heavy (non-hydrogen) atoms. The maximum Gasteiger partial charge on any atom is 0.235 e. The number of halogens is 1. The lowest BCUT2D eigenvalue weighted by molar-refractivity contribution is -0.122. The molecule has 0 saturated carbocycles. The minimum atomic E-state index is -0.407. The van der Waals surface area contributed by atoms with E-state index in [0.29, 0.717) is 5.75 Å². The molecular formula is C11H16BrN3O2. The monoisotopic (exact) mass is 301 g/mol. The second kappa shape index (κ2) is 6.58. The van der Waals surface area contributed by atoms with Crippen molar-refractivity contribution in [1.82, 2.24) is 10.9 Å². The molecule has 6 heteroatoms. The van der Waals surface area contributed by atoms with Crippen LogP contribution < -0.4 is 21.3 Å². The van der Waals surface area contributed by atoms with Gasteiger partial charge in [-0.1, -0.05) is 15.9 Å². The second-order valence-electron chi connectivity index (χ2n) is 3.50. The second-order valence-corrected chi connectivity index (χ2v) is 4.41. The van der Waals surface area contributed by atoms with Crippen molar-refractivity contribution in [2.75, 3.05) is 14.2 Å². The lowest BCUT2D eigenvalue weighted by Gasteiger charge is -2.15. The number of carbonyl (C=O) groups excluding carboxylic acids is 1. The Hall–Kier alpha value is -1.11. The number of hydrogen-bond acceptors (Lipinski definition) is 4. The standard InChI is InChI=1S/C11H16BrN3O2/c1-14-15-11(16)6-9(13)8-5-7(12)3-4-10(8)17-2/h3-5,9,14H,6,13H2,1-2H3,(H,15,16). The van der Waals surface area contributed by atoms with Gasteiger partial charge in [0.2, 0.25) is 5.91 Å². The molecule has 4 N–H and O–H groups in total. The molecule has 0 bridgehead atoms. The Bertz CT molecular complexity index is 398. The van der Waals surface area contributed by atoms with Crippen LogP contribution in [0.4, 0.5) is 0 Å². The van der Waals surface area contributed by atoms with Gasteiger partial charge in [0.25, 0.3) is 0 Å². The maximum atomic E-state index is 11.4. The number of nitrogens with one attached hydrogen (secondary N) is 2. The summed E-state index contributed by atoms with van der Waals surface area (Å²) >= 11 is 3.37. The molecule has 0 spiro atoms. The fourth-order valence-corrected chi connectivity index (χ4v) is 1.87. The molecule has 1 amide bonds. The van der Waals surface area contributed by atoms with E-state index in [4.69, 9.17) is 10.5 Å². The summed E-state index contributed by atoms with van der Waals surface area (Å²) in [7, 11) is 3.20. The van der Waals surface area contributed by atoms with Crippen LogP contribution in [0.1, 0.15) is 18.0 Å². The number of amides is 1. The minimum Gasteiger partial charge on any atom is -0.496 e. The third kappa shape index (κ3) is 3.99. The number of hydrogen-bond donors (Lipinski definition) is 3. The quantitative estimate of drug-likeness (QED) is 0.712. The van der Waals surface area contributed by atoms with Crippen LogP contribution in [-0.4, -0.2) is 20.1 Å². The summed E-state index contributed by atoms with van der Waals surface area (Å²) in [6.45, 7) is 0. The fourth-order valence-electron chi connectivity index (χ4n) is 1.50. The van der Waals surface area contributed by atoms with Gasteiger partial charge in [-0.05, 0) is 18.2 Å². The van der Waals surface area contributed by atoms with E-state index >= 15 is 0 Å². The molecule has 1 atom stereocenters. The van der Waals surface area contributed by atoms with E-state index in [2.05, 4.69) is 26.8 Å². The van der Waals surface area contributed by atoms with Gasteiger partial charge in [0.15, 0.2) is 0 Å². The predicted molar refractivity (Wildman–Crippen MR) is 69.4 cm³/mol. The van der Waals surface area contributed by atoms with E-state index < -0.39 is 6.04 Å². The Balaban J connectivity index is 2.83. The highest BCUT2D eigenvalue weighted by molar-refractivity contribution is 9.10. The van der Waals surface area contributed by atoms with Crippen molar-refractivity contribution in [1.29, 1.82) is 0 Å². The molecule has 0 aromatic heterocycles. The molecule has 1 unspecified atom stereocenters. The molecule has 5 nitrogen and oxygen atoms in total. The number of methoxy groups -OCH3 is 1. The molecule has 0 aliphatic rings. The smallest absolute Gasteiger partial charge is 0.235 e. The lowest BCUT2D eigenvalue weighted by Crippen LogP contribution is -2.36. The first-order valence-electron chi connectivity index (χ1n) is 5.13. The van der Waals surface area contributed by atoms with Crippen molar-refractivity contribution in [3.8, 4) is 5.75 Å². The first-order valence-corrected chi connectivity index (χ1v) is 5.92. The predicted octanol–water partition coefficient (Wildman–Crippen LogP) is 1.10. The Kier molecular flexibility index (Phi) is 5.40. The Morgan fingerprint density at radius 1 is 1.59 bits per heavy atom. The van der Waals surface area contributed by atoms with Crippen LogP contribution in [0.15, 0.2) is 22.7 Å². The highest BCUT2D eigenvalue weighted by atomic mass is 79.9. The van der Waals surface area contributed by atoms with Gasteiger partial charge in [0.05, 0.1) is 7.11 Å². The summed E-state index contributed by atoms with van der Waals surface area (Å²) in [6.07, 6.45) is 0.188. The summed E-state index contributed by atoms with van der Waals surface area (Å²) in [5, 5.41) is 0. The van der Waals surface area contributed by atoms with E-state index in [1.54, 1.807) is 14.2 Å². The molecule has 0 saturated heterocycles. The van der Waals surface area contributed by atoms with Crippen molar-refractivity contribution < 1.29 is 9.53 Å². The summed E-state index contributed by atoms with van der Waals surface area (Å²) in [4.78, 5) is 11.4. The van der Waals surface area contributed by atoms with Gasteiger partial charge in [-0.25, -0.2) is 5.43 Å². The van der Waals surface area contributed by atoms with Crippen LogP contribution in [-0.2, 0) is 4.79 Å². The van der Waals surface area contributed by atoms with E-state index in [0.717, 1.165) is 10.0 Å². The molecule has 94 valence electrons. The van der Waals surface area contributed by atoms with Gasteiger partial charge >= 0.3 is 0 Å². The largest absolute Gasteiger partial charge is 0.496 e. The van der Waals surface area contributed by atoms with Gasteiger partial charge in [0, 0.05) is 29.5 Å². The number of carbonyl (C=O) groups is 1. The van der Waals surface area contributed by atoms with Gasteiger partial charge in [-0.2, -0.15) is 0 Å². The number of rotatable bonds is 5. The van der Waals surface area contributed by atoms with Gasteiger partial charge in [-0.3, -0.25) is 10.2 Å². The average molecular weight is 302 g/mol. The number of benzene rings is 1. The van der Waals surface area contributed by atoms with Crippen LogP contribution in [0.3, 0.4) is 0 Å². The van der Waals surface area contributed by atoms with Gasteiger partial charge in [-0.15, -0.1) is 0 Å². The summed E-state index contributed by atoms with van der Waals surface area (Å²) in [5.41, 5.74) is 11.8. The Labute approximate surface area is 109 Å². The van der Waals surface area contributed by atoms with Crippen LogP contribution in [0.2, 0.25) is 0 Å². The van der Waals surface area contributed by atoms with Crippen LogP contribution >= 0.6 is 15.9 Å². The summed E-state index contributed by atoms with van der Waals surface area (Å²) in [5.74, 6) is 0.514. The van der Waals surface area contributed by atoms with Crippen molar-refractivity contribution >= 4 is 21.8 Å². The Morgan fingerprint density at radius 3 is 2.88 bits per heavy atom. The molecule has 0 aliphatic heterocycles. The minimum absolute atomic E-state index is 0.165. The zero-order chi connectivity index (χ0) is 12.8. The molecular weight excluding hydrogens is 286 g/mol. The van der Waals surface area contributed by atoms with Crippen LogP contribution in [0.25, 0.3) is 0 Å². The SMILES string of the molecule is CNNC(=O)CC(N)c1cc(Br)ccc1OC. The maximum absolute atomic E-state index is 11.4. The molecule has 1 aromatic rings. The van der Waals surface area contributed by atoms with E-state index in [9.17, 15) is 4.79 Å². The number of hydrazine groups is 1. The highest BCUT2D eigenvalue weighted by Crippen LogP contribution is 2.28. The Morgan fingerprint density at radius 2 is 2.29 bits per heavy atom. The first-order chi connectivity index (χ1) is 8.08. The highest BCUT2D eigenvalue weighted by Gasteiger charge is 2.15. The van der Waals surface area contributed by atoms with Crippen LogP contribution in [0, 0.1) is 0 Å².